The van der Waals surface area contributed by atoms with E-state index in [2.05, 4.69) is 5.32 Å². The standard InChI is InChI=1S/C4H11NO.C3H9NO/c1-2-3-4(5)6;1-4-2-3-5/h4,6H,2-3,5H2,1H3;4-5H,2-3H2,1H3. The van der Waals surface area contributed by atoms with E-state index in [1.54, 1.807) is 7.05 Å². The van der Waals surface area contributed by atoms with E-state index >= 15 is 0 Å². The lowest BCUT2D eigenvalue weighted by Gasteiger charge is -1.96. The van der Waals surface area contributed by atoms with Crippen molar-refractivity contribution in [2.75, 3.05) is 20.2 Å². The van der Waals surface area contributed by atoms with Crippen LogP contribution in [0.1, 0.15) is 19.8 Å². The molecule has 0 aromatic carbocycles. The first-order valence-electron chi connectivity index (χ1n) is 3.88. The highest BCUT2D eigenvalue weighted by atomic mass is 16.3. The Kier molecular flexibility index (Phi) is 15.3. The second-order valence-electron chi connectivity index (χ2n) is 2.18. The number of rotatable bonds is 4. The predicted molar refractivity (Wildman–Crippen MR) is 46.1 cm³/mol. The number of aliphatic hydroxyl groups is 2. The quantitative estimate of drug-likeness (QED) is 0.413. The number of hydrogen-bond acceptors (Lipinski definition) is 4. The van der Waals surface area contributed by atoms with Gasteiger partial charge in [0.2, 0.25) is 0 Å². The average molecular weight is 164 g/mol. The molecule has 0 aliphatic rings. The maximum atomic E-state index is 8.33. The molecular weight excluding hydrogens is 144 g/mol. The summed E-state index contributed by atoms with van der Waals surface area (Å²) in [5, 5.41) is 19.1. The van der Waals surface area contributed by atoms with Crippen molar-refractivity contribution in [3.63, 3.8) is 0 Å². The van der Waals surface area contributed by atoms with Gasteiger partial charge in [-0.15, -0.1) is 0 Å². The normalized spacial score (nSPS) is 11.7. The molecule has 1 atom stereocenters. The van der Waals surface area contributed by atoms with E-state index in [0.29, 0.717) is 13.0 Å². The minimum Gasteiger partial charge on any atom is -0.395 e. The molecule has 0 spiro atoms. The van der Waals surface area contributed by atoms with Gasteiger partial charge in [-0.25, -0.2) is 0 Å². The van der Waals surface area contributed by atoms with Crippen LogP contribution in [0.25, 0.3) is 0 Å². The third-order valence-electron chi connectivity index (χ3n) is 0.946. The van der Waals surface area contributed by atoms with Crippen LogP contribution >= 0.6 is 0 Å². The van der Waals surface area contributed by atoms with Gasteiger partial charge in [-0.1, -0.05) is 13.3 Å². The zero-order valence-corrected chi connectivity index (χ0v) is 7.38. The maximum absolute atomic E-state index is 8.33. The lowest BCUT2D eigenvalue weighted by Crippen LogP contribution is -2.17. The maximum Gasteiger partial charge on any atom is 0.102 e. The van der Waals surface area contributed by atoms with E-state index in [0.717, 1.165) is 6.42 Å². The van der Waals surface area contributed by atoms with Gasteiger partial charge in [0, 0.05) is 6.54 Å². The molecule has 0 bridgehead atoms. The molecule has 4 nitrogen and oxygen atoms in total. The van der Waals surface area contributed by atoms with Gasteiger partial charge in [0.15, 0.2) is 0 Å². The molecule has 4 heteroatoms. The van der Waals surface area contributed by atoms with Crippen molar-refractivity contribution in [1.82, 2.24) is 5.32 Å². The molecular formula is C7H20N2O2. The topological polar surface area (TPSA) is 78.5 Å². The molecule has 0 rings (SSSR count). The monoisotopic (exact) mass is 164 g/mol. The summed E-state index contributed by atoms with van der Waals surface area (Å²) in [5.41, 5.74) is 4.96. The third kappa shape index (κ3) is 25.8. The molecule has 0 aromatic rings. The van der Waals surface area contributed by atoms with Gasteiger partial charge in [-0.3, -0.25) is 0 Å². The predicted octanol–water partition coefficient (Wildman–Crippen LogP) is -0.738. The summed E-state index contributed by atoms with van der Waals surface area (Å²) in [6, 6.07) is 0. The van der Waals surface area contributed by atoms with Crippen molar-refractivity contribution in [2.24, 2.45) is 5.73 Å². The van der Waals surface area contributed by atoms with Crippen LogP contribution in [0.15, 0.2) is 0 Å². The summed E-state index contributed by atoms with van der Waals surface area (Å²) in [5.74, 6) is 0. The van der Waals surface area contributed by atoms with Gasteiger partial charge in [0.25, 0.3) is 0 Å². The van der Waals surface area contributed by atoms with Crippen molar-refractivity contribution in [3.8, 4) is 0 Å². The lowest BCUT2D eigenvalue weighted by molar-refractivity contribution is 0.171. The second-order valence-corrected chi connectivity index (χ2v) is 2.18. The Morgan fingerprint density at radius 2 is 2.09 bits per heavy atom. The van der Waals surface area contributed by atoms with Gasteiger partial charge in [0.05, 0.1) is 6.61 Å². The van der Waals surface area contributed by atoms with Crippen molar-refractivity contribution >= 4 is 0 Å². The van der Waals surface area contributed by atoms with Gasteiger partial charge in [-0.2, -0.15) is 0 Å². The van der Waals surface area contributed by atoms with Crippen LogP contribution in [0.4, 0.5) is 0 Å². The van der Waals surface area contributed by atoms with E-state index in [1.165, 1.54) is 0 Å². The number of aliphatic hydroxyl groups excluding tert-OH is 2. The molecule has 1 unspecified atom stereocenters. The largest absolute Gasteiger partial charge is 0.395 e. The van der Waals surface area contributed by atoms with Crippen molar-refractivity contribution in [1.29, 1.82) is 0 Å². The summed E-state index contributed by atoms with van der Waals surface area (Å²) in [7, 11) is 1.80. The van der Waals surface area contributed by atoms with Crippen molar-refractivity contribution in [2.45, 2.75) is 26.0 Å². The Balaban J connectivity index is 0. The first-order valence-corrected chi connectivity index (χ1v) is 3.88. The minimum atomic E-state index is -0.602. The molecule has 11 heavy (non-hydrogen) atoms. The van der Waals surface area contributed by atoms with Crippen LogP contribution in [-0.2, 0) is 0 Å². The Labute approximate surface area is 68.4 Å². The Bertz CT molecular complexity index is 58.4. The molecule has 0 fully saturated rings. The van der Waals surface area contributed by atoms with Crippen molar-refractivity contribution in [3.05, 3.63) is 0 Å². The highest BCUT2D eigenvalue weighted by molar-refractivity contribution is 4.38. The smallest absolute Gasteiger partial charge is 0.102 e. The number of hydrogen-bond donors (Lipinski definition) is 4. The molecule has 0 saturated heterocycles. The fourth-order valence-electron chi connectivity index (χ4n) is 0.408. The van der Waals surface area contributed by atoms with Crippen LogP contribution in [0.2, 0.25) is 0 Å². The van der Waals surface area contributed by atoms with E-state index < -0.39 is 6.23 Å². The van der Waals surface area contributed by atoms with Crippen LogP contribution in [0.3, 0.4) is 0 Å². The SMILES string of the molecule is CCCC(N)O.CNCCO. The number of nitrogens with one attached hydrogen (secondary N) is 1. The van der Waals surface area contributed by atoms with Gasteiger partial charge in [-0.05, 0) is 13.5 Å². The van der Waals surface area contributed by atoms with Gasteiger partial charge < -0.3 is 21.3 Å². The molecule has 0 aliphatic heterocycles. The summed E-state index contributed by atoms with van der Waals surface area (Å²) in [6.45, 7) is 2.91. The van der Waals surface area contributed by atoms with Crippen LogP contribution < -0.4 is 11.1 Å². The van der Waals surface area contributed by atoms with Crippen LogP contribution in [0.5, 0.6) is 0 Å². The first kappa shape index (κ1) is 13.4. The fraction of sp³-hybridized carbons (Fsp3) is 1.00. The van der Waals surface area contributed by atoms with Crippen molar-refractivity contribution < 1.29 is 10.2 Å². The van der Waals surface area contributed by atoms with E-state index in [-0.39, 0.29) is 6.61 Å². The highest BCUT2D eigenvalue weighted by Crippen LogP contribution is 1.85. The Morgan fingerprint density at radius 3 is 2.09 bits per heavy atom. The third-order valence-corrected chi connectivity index (χ3v) is 0.946. The lowest BCUT2D eigenvalue weighted by atomic mass is 10.3. The first-order chi connectivity index (χ1) is 5.18. The fourth-order valence-corrected chi connectivity index (χ4v) is 0.408. The number of likely N-dealkylation sites (N-methyl/N-ethyl adjacent to an activating group) is 1. The second kappa shape index (κ2) is 12.5. The summed E-state index contributed by atoms with van der Waals surface area (Å²) >= 11 is 0. The summed E-state index contributed by atoms with van der Waals surface area (Å²) < 4.78 is 0. The zero-order chi connectivity index (χ0) is 9.11. The number of nitrogens with two attached hydrogens (primary N) is 1. The highest BCUT2D eigenvalue weighted by Gasteiger charge is 1.87. The van der Waals surface area contributed by atoms with Crippen LogP contribution in [-0.4, -0.2) is 36.6 Å². The van der Waals surface area contributed by atoms with Gasteiger partial charge in [0.1, 0.15) is 6.23 Å². The van der Waals surface area contributed by atoms with E-state index in [1.807, 2.05) is 6.92 Å². The average Bonchev–Trinajstić information content (AvgIpc) is 1.90. The zero-order valence-electron chi connectivity index (χ0n) is 7.38. The summed E-state index contributed by atoms with van der Waals surface area (Å²) in [4.78, 5) is 0. The van der Waals surface area contributed by atoms with Crippen LogP contribution in [0, 0.1) is 0 Å². The molecule has 0 saturated carbocycles. The van der Waals surface area contributed by atoms with Gasteiger partial charge >= 0.3 is 0 Å². The van der Waals surface area contributed by atoms with E-state index in [4.69, 9.17) is 15.9 Å². The molecule has 0 heterocycles. The summed E-state index contributed by atoms with van der Waals surface area (Å²) in [6.07, 6.45) is 1.06. The Hall–Kier alpha value is -0.160. The molecule has 0 radical (unpaired) electrons. The molecule has 70 valence electrons. The Morgan fingerprint density at radius 1 is 1.55 bits per heavy atom. The molecule has 5 N–H and O–H groups in total. The minimum absolute atomic E-state index is 0.233. The molecule has 0 aliphatic carbocycles. The van der Waals surface area contributed by atoms with E-state index in [9.17, 15) is 0 Å². The molecule has 0 aromatic heterocycles. The molecule has 0 amide bonds.